The van der Waals surface area contributed by atoms with E-state index in [0.29, 0.717) is 13.2 Å². The Hall–Kier alpha value is -0.970. The number of hydrogen-bond acceptors (Lipinski definition) is 4. The zero-order valence-electron chi connectivity index (χ0n) is 9.98. The molecular formula is C12H17NO3S. The molecule has 1 saturated carbocycles. The number of imide groups is 1. The number of nitrogens with zero attached hydrogens (tertiary/aromatic N) is 1. The molecule has 2 amide bonds. The SMILES string of the molecule is C=C[C@@]1(SCC)CC[C@H]1C(=O)N1CCOC1=O. The first kappa shape index (κ1) is 12.5. The number of hydrogen-bond donors (Lipinski definition) is 0. The van der Waals surface area contributed by atoms with Gasteiger partial charge in [-0.1, -0.05) is 13.0 Å². The minimum Gasteiger partial charge on any atom is -0.447 e. The number of cyclic esters (lactones) is 1. The molecule has 2 fully saturated rings. The van der Waals surface area contributed by atoms with Crippen LogP contribution in [0.3, 0.4) is 0 Å². The molecule has 0 N–H and O–H groups in total. The highest BCUT2D eigenvalue weighted by Gasteiger charge is 2.51. The van der Waals surface area contributed by atoms with Crippen molar-refractivity contribution in [3.63, 3.8) is 0 Å². The van der Waals surface area contributed by atoms with E-state index >= 15 is 0 Å². The van der Waals surface area contributed by atoms with E-state index in [-0.39, 0.29) is 16.6 Å². The molecule has 17 heavy (non-hydrogen) atoms. The van der Waals surface area contributed by atoms with Gasteiger partial charge in [0.25, 0.3) is 0 Å². The van der Waals surface area contributed by atoms with Gasteiger partial charge in [-0.3, -0.25) is 4.79 Å². The minimum atomic E-state index is -0.499. The van der Waals surface area contributed by atoms with Crippen LogP contribution in [-0.4, -0.2) is 40.6 Å². The molecule has 2 atom stereocenters. The van der Waals surface area contributed by atoms with Gasteiger partial charge in [-0.2, -0.15) is 11.8 Å². The van der Waals surface area contributed by atoms with E-state index in [1.807, 2.05) is 6.08 Å². The summed E-state index contributed by atoms with van der Waals surface area (Å²) in [5.41, 5.74) is 0. The van der Waals surface area contributed by atoms with Crippen molar-refractivity contribution in [1.29, 1.82) is 0 Å². The lowest BCUT2D eigenvalue weighted by Gasteiger charge is -2.46. The van der Waals surface area contributed by atoms with Crippen molar-refractivity contribution in [1.82, 2.24) is 4.90 Å². The summed E-state index contributed by atoms with van der Waals surface area (Å²) in [4.78, 5) is 24.9. The Labute approximate surface area is 105 Å². The maximum Gasteiger partial charge on any atom is 0.416 e. The van der Waals surface area contributed by atoms with Crippen LogP contribution in [0.1, 0.15) is 19.8 Å². The molecule has 1 aliphatic heterocycles. The molecule has 4 nitrogen and oxygen atoms in total. The first-order chi connectivity index (χ1) is 8.14. The Bertz CT molecular complexity index is 358. The first-order valence-electron chi connectivity index (χ1n) is 5.90. The molecular weight excluding hydrogens is 238 g/mol. The molecule has 0 spiro atoms. The topological polar surface area (TPSA) is 46.6 Å². The molecule has 2 aliphatic rings. The average molecular weight is 255 g/mol. The van der Waals surface area contributed by atoms with Crippen molar-refractivity contribution in [2.45, 2.75) is 24.5 Å². The van der Waals surface area contributed by atoms with Gasteiger partial charge in [0.1, 0.15) is 6.61 Å². The fourth-order valence-corrected chi connectivity index (χ4v) is 3.77. The third kappa shape index (κ3) is 1.97. The third-order valence-electron chi connectivity index (χ3n) is 3.50. The molecule has 0 aromatic heterocycles. The summed E-state index contributed by atoms with van der Waals surface area (Å²) in [6.45, 7) is 6.62. The second kappa shape index (κ2) is 4.72. The van der Waals surface area contributed by atoms with Crippen LogP contribution in [-0.2, 0) is 9.53 Å². The maximum atomic E-state index is 12.3. The summed E-state index contributed by atoms with van der Waals surface area (Å²) in [6, 6.07) is 0. The number of carbonyl (C=O) groups is 2. The van der Waals surface area contributed by atoms with Gasteiger partial charge in [-0.15, -0.1) is 6.58 Å². The van der Waals surface area contributed by atoms with Crippen LogP contribution < -0.4 is 0 Å². The zero-order valence-corrected chi connectivity index (χ0v) is 10.8. The molecule has 5 heteroatoms. The molecule has 0 unspecified atom stereocenters. The lowest BCUT2D eigenvalue weighted by Crippen LogP contribution is -2.52. The van der Waals surface area contributed by atoms with Gasteiger partial charge in [0.15, 0.2) is 0 Å². The fraction of sp³-hybridized carbons (Fsp3) is 0.667. The van der Waals surface area contributed by atoms with Crippen LogP contribution in [0.4, 0.5) is 4.79 Å². The van der Waals surface area contributed by atoms with E-state index in [2.05, 4.69) is 13.5 Å². The Morgan fingerprint density at radius 3 is 2.94 bits per heavy atom. The molecule has 0 radical (unpaired) electrons. The summed E-state index contributed by atoms with van der Waals surface area (Å²) in [6.07, 6.45) is 3.17. The predicted octanol–water partition coefficient (Wildman–Crippen LogP) is 2.05. The number of amides is 2. The smallest absolute Gasteiger partial charge is 0.416 e. The van der Waals surface area contributed by atoms with Crippen molar-refractivity contribution < 1.29 is 14.3 Å². The second-order valence-corrected chi connectivity index (χ2v) is 5.91. The van der Waals surface area contributed by atoms with Gasteiger partial charge in [0, 0.05) is 4.75 Å². The van der Waals surface area contributed by atoms with Crippen molar-refractivity contribution in [2.75, 3.05) is 18.9 Å². The largest absolute Gasteiger partial charge is 0.447 e. The lowest BCUT2D eigenvalue weighted by atomic mass is 9.72. The summed E-state index contributed by atoms with van der Waals surface area (Å²) < 4.78 is 4.63. The first-order valence-corrected chi connectivity index (χ1v) is 6.89. The molecule has 94 valence electrons. The summed E-state index contributed by atoms with van der Waals surface area (Å²) >= 11 is 1.74. The van der Waals surface area contributed by atoms with Crippen LogP contribution in [0, 0.1) is 5.92 Å². The van der Waals surface area contributed by atoms with Gasteiger partial charge in [0.2, 0.25) is 5.91 Å². The van der Waals surface area contributed by atoms with Crippen LogP contribution in [0.2, 0.25) is 0 Å². The van der Waals surface area contributed by atoms with E-state index in [0.717, 1.165) is 18.6 Å². The second-order valence-electron chi connectivity index (χ2n) is 4.29. The molecule has 1 heterocycles. The Kier molecular flexibility index (Phi) is 3.47. The predicted molar refractivity (Wildman–Crippen MR) is 66.8 cm³/mol. The number of ether oxygens (including phenoxy) is 1. The standard InChI is InChI=1S/C12H17NO3S/c1-3-12(17-4-2)6-5-9(12)10(14)13-7-8-16-11(13)15/h3,9H,1,4-8H2,2H3/t9-,12+/m0/s1. The third-order valence-corrected chi connectivity index (χ3v) is 4.98. The van der Waals surface area contributed by atoms with E-state index in [1.54, 1.807) is 11.8 Å². The van der Waals surface area contributed by atoms with E-state index < -0.39 is 6.09 Å². The zero-order chi connectivity index (χ0) is 12.5. The summed E-state index contributed by atoms with van der Waals surface area (Å²) in [7, 11) is 0. The van der Waals surface area contributed by atoms with Gasteiger partial charge in [-0.05, 0) is 18.6 Å². The Morgan fingerprint density at radius 1 is 1.76 bits per heavy atom. The number of carbonyl (C=O) groups excluding carboxylic acids is 2. The van der Waals surface area contributed by atoms with Crippen LogP contribution in [0.15, 0.2) is 12.7 Å². The highest BCUT2D eigenvalue weighted by molar-refractivity contribution is 8.00. The summed E-state index contributed by atoms with van der Waals surface area (Å²) in [5.74, 6) is 0.732. The Morgan fingerprint density at radius 2 is 2.53 bits per heavy atom. The van der Waals surface area contributed by atoms with Crippen molar-refractivity contribution in [3.8, 4) is 0 Å². The molecule has 0 aromatic carbocycles. The van der Waals surface area contributed by atoms with Gasteiger partial charge >= 0.3 is 6.09 Å². The van der Waals surface area contributed by atoms with Crippen LogP contribution >= 0.6 is 11.8 Å². The highest BCUT2D eigenvalue weighted by Crippen LogP contribution is 2.50. The monoisotopic (exact) mass is 255 g/mol. The average Bonchev–Trinajstić information content (AvgIpc) is 2.70. The van der Waals surface area contributed by atoms with Crippen LogP contribution in [0.25, 0.3) is 0 Å². The molecule has 0 bridgehead atoms. The Balaban J connectivity index is 2.09. The van der Waals surface area contributed by atoms with Crippen molar-refractivity contribution in [3.05, 3.63) is 12.7 Å². The van der Waals surface area contributed by atoms with Gasteiger partial charge in [0.05, 0.1) is 12.5 Å². The van der Waals surface area contributed by atoms with E-state index in [4.69, 9.17) is 4.74 Å². The maximum absolute atomic E-state index is 12.3. The molecule has 1 aliphatic carbocycles. The van der Waals surface area contributed by atoms with Crippen molar-refractivity contribution in [2.24, 2.45) is 5.92 Å². The fourth-order valence-electron chi connectivity index (χ4n) is 2.43. The normalized spacial score (nSPS) is 31.9. The molecule has 0 aromatic rings. The van der Waals surface area contributed by atoms with E-state index in [9.17, 15) is 9.59 Å². The minimum absolute atomic E-state index is 0.0976. The summed E-state index contributed by atoms with van der Waals surface area (Å²) in [5, 5.41) is 0. The van der Waals surface area contributed by atoms with Crippen LogP contribution in [0.5, 0.6) is 0 Å². The number of rotatable bonds is 4. The van der Waals surface area contributed by atoms with E-state index in [1.165, 1.54) is 4.90 Å². The highest BCUT2D eigenvalue weighted by atomic mass is 32.2. The number of thioether (sulfide) groups is 1. The van der Waals surface area contributed by atoms with Gasteiger partial charge in [-0.25, -0.2) is 9.69 Å². The van der Waals surface area contributed by atoms with Gasteiger partial charge < -0.3 is 4.74 Å². The molecule has 2 rings (SSSR count). The lowest BCUT2D eigenvalue weighted by molar-refractivity contribution is -0.135. The molecule has 1 saturated heterocycles. The van der Waals surface area contributed by atoms with Crippen molar-refractivity contribution >= 4 is 23.8 Å². The quantitative estimate of drug-likeness (QED) is 0.721.